The Morgan fingerprint density at radius 3 is 2.35 bits per heavy atom. The molecule has 0 aromatic carbocycles. The van der Waals surface area contributed by atoms with E-state index in [-0.39, 0.29) is 30.1 Å². The zero-order valence-electron chi connectivity index (χ0n) is 19.4. The summed E-state index contributed by atoms with van der Waals surface area (Å²) < 4.78 is 5.38. The highest BCUT2D eigenvalue weighted by molar-refractivity contribution is 5.78. The number of nitrogens with zero attached hydrogens (tertiary/aromatic N) is 3. The maximum absolute atomic E-state index is 12.7. The van der Waals surface area contributed by atoms with E-state index < -0.39 is 0 Å². The quantitative estimate of drug-likeness (QED) is 0.684. The number of amides is 3. The zero-order valence-corrected chi connectivity index (χ0v) is 19.4. The molecule has 2 saturated heterocycles. The van der Waals surface area contributed by atoms with Crippen LogP contribution in [0.3, 0.4) is 0 Å². The van der Waals surface area contributed by atoms with Gasteiger partial charge in [0.1, 0.15) is 0 Å². The molecule has 4 aliphatic rings. The molecule has 3 amide bonds. The van der Waals surface area contributed by atoms with E-state index in [1.807, 2.05) is 23.6 Å². The molecular weight excluding hydrogens is 394 g/mol. The van der Waals surface area contributed by atoms with Gasteiger partial charge >= 0.3 is 6.09 Å². The van der Waals surface area contributed by atoms with E-state index in [0.717, 1.165) is 51.5 Å². The molecule has 0 aromatic heterocycles. The summed E-state index contributed by atoms with van der Waals surface area (Å²) in [6.45, 7) is 7.40. The lowest BCUT2D eigenvalue weighted by Gasteiger charge is -2.54. The molecule has 7 nitrogen and oxygen atoms in total. The number of carbonyl (C=O) groups is 3. The highest BCUT2D eigenvalue weighted by Crippen LogP contribution is 2.43. The summed E-state index contributed by atoms with van der Waals surface area (Å²) in [5.41, 5.74) is 0. The number of hydrogen-bond donors (Lipinski definition) is 0. The van der Waals surface area contributed by atoms with E-state index in [2.05, 4.69) is 4.90 Å². The second kappa shape index (κ2) is 9.37. The maximum Gasteiger partial charge on any atom is 0.410 e. The standard InChI is InChI=1S/C24H39N3O4/c1-4-31-24(30)26-15-16(2)27(17(3)28)21-12-9-19(14-22(21)26)18-7-10-20(11-8-18)25-13-5-6-23(25)29/h16,18-22H,4-15H2,1-3H3/t16-,18?,19?,20?,21?,22?/m0/s1. The Morgan fingerprint density at radius 2 is 1.74 bits per heavy atom. The van der Waals surface area contributed by atoms with Gasteiger partial charge in [-0.15, -0.1) is 0 Å². The summed E-state index contributed by atoms with van der Waals surface area (Å²) in [5, 5.41) is 0. The van der Waals surface area contributed by atoms with Gasteiger partial charge in [-0.25, -0.2) is 4.79 Å². The van der Waals surface area contributed by atoms with Crippen molar-refractivity contribution in [2.45, 2.75) is 103 Å². The monoisotopic (exact) mass is 433 g/mol. The van der Waals surface area contributed by atoms with Crippen molar-refractivity contribution < 1.29 is 19.1 Å². The lowest BCUT2D eigenvalue weighted by molar-refractivity contribution is -0.142. The summed E-state index contributed by atoms with van der Waals surface area (Å²) in [5.74, 6) is 1.69. The van der Waals surface area contributed by atoms with Crippen LogP contribution in [0.1, 0.15) is 78.6 Å². The van der Waals surface area contributed by atoms with Gasteiger partial charge < -0.3 is 19.4 Å². The maximum atomic E-state index is 12.7. The highest BCUT2D eigenvalue weighted by atomic mass is 16.6. The van der Waals surface area contributed by atoms with Gasteiger partial charge in [0, 0.05) is 38.5 Å². The summed E-state index contributed by atoms with van der Waals surface area (Å²) in [7, 11) is 0. The van der Waals surface area contributed by atoms with Crippen LogP contribution in [-0.2, 0) is 14.3 Å². The molecule has 0 N–H and O–H groups in total. The SMILES string of the molecule is CCOC(=O)N1C[C@H](C)N(C(C)=O)C2CCC(C3CCC(N4CCCC4=O)CC3)CC21. The minimum Gasteiger partial charge on any atom is -0.450 e. The predicted octanol–water partition coefficient (Wildman–Crippen LogP) is 3.41. The second-order valence-corrected chi connectivity index (χ2v) is 10.1. The molecule has 3 unspecified atom stereocenters. The molecule has 31 heavy (non-hydrogen) atoms. The molecule has 4 fully saturated rings. The Balaban J connectivity index is 1.42. The summed E-state index contributed by atoms with van der Waals surface area (Å²) >= 11 is 0. The van der Waals surface area contributed by atoms with E-state index in [0.29, 0.717) is 36.9 Å². The Morgan fingerprint density at radius 1 is 1.03 bits per heavy atom. The van der Waals surface area contributed by atoms with Crippen molar-refractivity contribution >= 4 is 17.9 Å². The van der Waals surface area contributed by atoms with Crippen LogP contribution >= 0.6 is 0 Å². The Hall–Kier alpha value is -1.79. The molecule has 4 atom stereocenters. The Bertz CT molecular complexity index is 690. The third kappa shape index (κ3) is 4.42. The van der Waals surface area contributed by atoms with Crippen LogP contribution in [0.15, 0.2) is 0 Å². The molecule has 174 valence electrons. The Kier molecular flexibility index (Phi) is 6.77. The van der Waals surface area contributed by atoms with Gasteiger partial charge in [-0.05, 0) is 77.0 Å². The molecule has 2 aliphatic heterocycles. The van der Waals surface area contributed by atoms with Crippen molar-refractivity contribution in [3.8, 4) is 0 Å². The molecular formula is C24H39N3O4. The van der Waals surface area contributed by atoms with Gasteiger partial charge in [-0.2, -0.15) is 0 Å². The van der Waals surface area contributed by atoms with Crippen molar-refractivity contribution in [1.82, 2.24) is 14.7 Å². The molecule has 0 aromatic rings. The lowest BCUT2D eigenvalue weighted by atomic mass is 9.68. The summed E-state index contributed by atoms with van der Waals surface area (Å²) in [4.78, 5) is 43.3. The van der Waals surface area contributed by atoms with Crippen molar-refractivity contribution in [1.29, 1.82) is 0 Å². The number of ether oxygens (including phenoxy) is 1. The third-order valence-electron chi connectivity index (χ3n) is 8.34. The van der Waals surface area contributed by atoms with Gasteiger partial charge in [-0.3, -0.25) is 9.59 Å². The normalized spacial score (nSPS) is 36.4. The smallest absolute Gasteiger partial charge is 0.410 e. The topological polar surface area (TPSA) is 70.2 Å². The molecule has 2 saturated carbocycles. The fraction of sp³-hybridized carbons (Fsp3) is 0.875. The van der Waals surface area contributed by atoms with E-state index in [1.165, 1.54) is 12.8 Å². The van der Waals surface area contributed by atoms with E-state index in [4.69, 9.17) is 4.74 Å². The molecule has 0 bridgehead atoms. The molecule has 2 heterocycles. The van der Waals surface area contributed by atoms with Gasteiger partial charge in [-0.1, -0.05) is 0 Å². The second-order valence-electron chi connectivity index (χ2n) is 10.1. The third-order valence-corrected chi connectivity index (χ3v) is 8.34. The van der Waals surface area contributed by atoms with Gasteiger partial charge in [0.2, 0.25) is 11.8 Å². The minimum atomic E-state index is -0.232. The number of hydrogen-bond acceptors (Lipinski definition) is 4. The van der Waals surface area contributed by atoms with Crippen LogP contribution in [0.2, 0.25) is 0 Å². The van der Waals surface area contributed by atoms with E-state index in [9.17, 15) is 14.4 Å². The molecule has 0 spiro atoms. The van der Waals surface area contributed by atoms with Crippen molar-refractivity contribution in [2.24, 2.45) is 11.8 Å². The first-order chi connectivity index (χ1) is 14.9. The first-order valence-electron chi connectivity index (χ1n) is 12.4. The molecule has 7 heteroatoms. The number of piperazine rings is 1. The van der Waals surface area contributed by atoms with Crippen molar-refractivity contribution in [2.75, 3.05) is 19.7 Å². The fourth-order valence-electron chi connectivity index (χ4n) is 6.98. The number of fused-ring (bicyclic) bond motifs is 1. The lowest BCUT2D eigenvalue weighted by Crippen LogP contribution is -2.67. The van der Waals surface area contributed by atoms with Crippen LogP contribution < -0.4 is 0 Å². The first-order valence-corrected chi connectivity index (χ1v) is 12.4. The van der Waals surface area contributed by atoms with Gasteiger partial charge in [0.15, 0.2) is 0 Å². The van der Waals surface area contributed by atoms with Crippen LogP contribution in [0.4, 0.5) is 4.79 Å². The number of carbonyl (C=O) groups excluding carboxylic acids is 3. The first kappa shape index (κ1) is 22.4. The van der Waals surface area contributed by atoms with Crippen LogP contribution in [0.25, 0.3) is 0 Å². The van der Waals surface area contributed by atoms with Gasteiger partial charge in [0.25, 0.3) is 0 Å². The van der Waals surface area contributed by atoms with Crippen LogP contribution in [-0.4, -0.2) is 76.5 Å². The molecule has 0 radical (unpaired) electrons. The number of rotatable bonds is 3. The summed E-state index contributed by atoms with van der Waals surface area (Å²) in [6, 6.07) is 0.603. The largest absolute Gasteiger partial charge is 0.450 e. The Labute approximate surface area is 186 Å². The van der Waals surface area contributed by atoms with Crippen molar-refractivity contribution in [3.63, 3.8) is 0 Å². The predicted molar refractivity (Wildman–Crippen MR) is 117 cm³/mol. The van der Waals surface area contributed by atoms with Gasteiger partial charge in [0.05, 0.1) is 18.7 Å². The number of likely N-dealkylation sites (tertiary alicyclic amines) is 1. The average molecular weight is 434 g/mol. The van der Waals surface area contributed by atoms with Crippen LogP contribution in [0, 0.1) is 11.8 Å². The van der Waals surface area contributed by atoms with Crippen molar-refractivity contribution in [3.05, 3.63) is 0 Å². The van der Waals surface area contributed by atoms with E-state index in [1.54, 1.807) is 6.92 Å². The summed E-state index contributed by atoms with van der Waals surface area (Å²) in [6.07, 6.45) is 9.09. The van der Waals surface area contributed by atoms with E-state index >= 15 is 0 Å². The fourth-order valence-corrected chi connectivity index (χ4v) is 6.98. The van der Waals surface area contributed by atoms with Crippen LogP contribution in [0.5, 0.6) is 0 Å². The zero-order chi connectivity index (χ0) is 22.1. The minimum absolute atomic E-state index is 0.0214. The average Bonchev–Trinajstić information content (AvgIpc) is 3.18. The molecule has 2 aliphatic carbocycles. The molecule has 4 rings (SSSR count). The highest BCUT2D eigenvalue weighted by Gasteiger charge is 2.48.